The number of rotatable bonds is 3. The summed E-state index contributed by atoms with van der Waals surface area (Å²) >= 11 is 2.03. The van der Waals surface area contributed by atoms with E-state index in [-0.39, 0.29) is 0 Å². The van der Waals surface area contributed by atoms with Crippen LogP contribution in [0.3, 0.4) is 0 Å². The third-order valence-electron chi connectivity index (χ3n) is 2.61. The second kappa shape index (κ2) is 4.20. The van der Waals surface area contributed by atoms with E-state index < -0.39 is 0 Å². The van der Waals surface area contributed by atoms with Gasteiger partial charge in [0.15, 0.2) is 0 Å². The first-order valence-electron chi connectivity index (χ1n) is 4.67. The first kappa shape index (κ1) is 9.16. The molecule has 13 heavy (non-hydrogen) atoms. The second-order valence-corrected chi connectivity index (χ2v) is 4.55. The lowest BCUT2D eigenvalue weighted by molar-refractivity contribution is 0.406. The Bertz CT molecular complexity index is 247. The average molecular weight is 197 g/mol. The molecule has 1 aliphatic heterocycles. The van der Waals surface area contributed by atoms with Crippen LogP contribution in [0.15, 0.2) is 22.8 Å². The third kappa shape index (κ3) is 2.09. The van der Waals surface area contributed by atoms with Gasteiger partial charge in [-0.3, -0.25) is 0 Å². The molecule has 2 atom stereocenters. The van der Waals surface area contributed by atoms with Crippen LogP contribution in [0.4, 0.5) is 0 Å². The highest BCUT2D eigenvalue weighted by Gasteiger charge is 2.26. The number of hydrogen-bond acceptors (Lipinski definition) is 3. The molecule has 72 valence electrons. The highest BCUT2D eigenvalue weighted by atomic mass is 32.2. The van der Waals surface area contributed by atoms with Crippen LogP contribution >= 0.6 is 11.8 Å². The van der Waals surface area contributed by atoms with E-state index in [2.05, 4.69) is 11.4 Å². The van der Waals surface area contributed by atoms with Gasteiger partial charge in [0.2, 0.25) is 0 Å². The summed E-state index contributed by atoms with van der Waals surface area (Å²) in [5, 5.41) is 3.36. The minimum Gasteiger partial charge on any atom is -0.469 e. The maximum Gasteiger partial charge on any atom is 0.104 e. The molecule has 0 saturated carbocycles. The first-order chi connectivity index (χ1) is 6.40. The van der Waals surface area contributed by atoms with E-state index in [1.165, 1.54) is 11.5 Å². The smallest absolute Gasteiger partial charge is 0.104 e. The molecule has 0 aliphatic carbocycles. The van der Waals surface area contributed by atoms with Gasteiger partial charge in [-0.1, -0.05) is 0 Å². The lowest BCUT2D eigenvalue weighted by Crippen LogP contribution is -2.33. The van der Waals surface area contributed by atoms with Gasteiger partial charge >= 0.3 is 0 Å². The van der Waals surface area contributed by atoms with Gasteiger partial charge in [0, 0.05) is 18.2 Å². The summed E-state index contributed by atoms with van der Waals surface area (Å²) in [6, 6.07) is 4.69. The van der Waals surface area contributed by atoms with Crippen LogP contribution in [-0.2, 0) is 6.42 Å². The fourth-order valence-electron chi connectivity index (χ4n) is 1.81. The van der Waals surface area contributed by atoms with Crippen molar-refractivity contribution in [1.82, 2.24) is 5.32 Å². The number of thioether (sulfide) groups is 1. The predicted octanol–water partition coefficient (Wildman–Crippen LogP) is 1.77. The molecule has 2 heterocycles. The zero-order valence-electron chi connectivity index (χ0n) is 7.82. The maximum absolute atomic E-state index is 5.35. The van der Waals surface area contributed by atoms with Crippen LogP contribution < -0.4 is 5.32 Å². The monoisotopic (exact) mass is 197 g/mol. The normalized spacial score (nSPS) is 28.1. The minimum atomic E-state index is 0.662. The second-order valence-electron chi connectivity index (χ2n) is 3.48. The molecular weight excluding hydrogens is 182 g/mol. The van der Waals surface area contributed by atoms with Gasteiger partial charge in [-0.05, 0) is 30.9 Å². The third-order valence-corrected chi connectivity index (χ3v) is 3.87. The molecule has 1 aliphatic rings. The first-order valence-corrected chi connectivity index (χ1v) is 5.83. The SMILES string of the molecule is CNC1CSCC1Cc1ccco1. The fraction of sp³-hybridized carbons (Fsp3) is 0.600. The van der Waals surface area contributed by atoms with Gasteiger partial charge < -0.3 is 9.73 Å². The lowest BCUT2D eigenvalue weighted by Gasteiger charge is -2.16. The van der Waals surface area contributed by atoms with Gasteiger partial charge in [-0.25, -0.2) is 0 Å². The van der Waals surface area contributed by atoms with Crippen molar-refractivity contribution in [2.75, 3.05) is 18.6 Å². The molecule has 0 amide bonds. The zero-order valence-corrected chi connectivity index (χ0v) is 8.64. The Morgan fingerprint density at radius 3 is 3.23 bits per heavy atom. The van der Waals surface area contributed by atoms with Crippen molar-refractivity contribution in [2.24, 2.45) is 5.92 Å². The van der Waals surface area contributed by atoms with Crippen molar-refractivity contribution in [2.45, 2.75) is 12.5 Å². The lowest BCUT2D eigenvalue weighted by atomic mass is 9.99. The summed E-state index contributed by atoms with van der Waals surface area (Å²) in [6.45, 7) is 0. The van der Waals surface area contributed by atoms with E-state index >= 15 is 0 Å². The number of nitrogens with one attached hydrogen (secondary N) is 1. The van der Waals surface area contributed by atoms with Crippen LogP contribution in [0, 0.1) is 5.92 Å². The molecule has 3 heteroatoms. The molecule has 0 radical (unpaired) electrons. The van der Waals surface area contributed by atoms with Gasteiger partial charge in [-0.2, -0.15) is 11.8 Å². The predicted molar refractivity (Wildman–Crippen MR) is 56.1 cm³/mol. The molecule has 1 fully saturated rings. The fourth-order valence-corrected chi connectivity index (χ4v) is 3.29. The van der Waals surface area contributed by atoms with Crippen LogP contribution in [0.2, 0.25) is 0 Å². The molecule has 1 aromatic heterocycles. The number of furan rings is 1. The molecule has 2 unspecified atom stereocenters. The van der Waals surface area contributed by atoms with E-state index in [0.29, 0.717) is 6.04 Å². The van der Waals surface area contributed by atoms with Crippen LogP contribution in [0.25, 0.3) is 0 Å². The topological polar surface area (TPSA) is 25.2 Å². The molecule has 2 rings (SSSR count). The molecule has 0 bridgehead atoms. The Balaban J connectivity index is 1.94. The number of hydrogen-bond donors (Lipinski definition) is 1. The standard InChI is InChI=1S/C10H15NOS/c1-11-10-7-13-6-8(10)5-9-3-2-4-12-9/h2-4,8,10-11H,5-7H2,1H3. The summed E-state index contributed by atoms with van der Waals surface area (Å²) in [7, 11) is 2.05. The van der Waals surface area contributed by atoms with E-state index in [1.807, 2.05) is 24.9 Å². The van der Waals surface area contributed by atoms with Crippen molar-refractivity contribution >= 4 is 11.8 Å². The molecule has 2 nitrogen and oxygen atoms in total. The van der Waals surface area contributed by atoms with E-state index in [9.17, 15) is 0 Å². The van der Waals surface area contributed by atoms with Crippen molar-refractivity contribution in [3.05, 3.63) is 24.2 Å². The van der Waals surface area contributed by atoms with E-state index in [0.717, 1.165) is 18.1 Å². The van der Waals surface area contributed by atoms with Crippen LogP contribution in [0.5, 0.6) is 0 Å². The van der Waals surface area contributed by atoms with E-state index in [4.69, 9.17) is 4.42 Å². The molecule has 1 saturated heterocycles. The van der Waals surface area contributed by atoms with Gasteiger partial charge in [0.25, 0.3) is 0 Å². The molecule has 1 N–H and O–H groups in total. The van der Waals surface area contributed by atoms with Crippen molar-refractivity contribution in [3.8, 4) is 0 Å². The summed E-state index contributed by atoms with van der Waals surface area (Å²) in [5.74, 6) is 4.35. The molecule has 0 aromatic carbocycles. The van der Waals surface area contributed by atoms with Gasteiger partial charge in [0.1, 0.15) is 5.76 Å². The Morgan fingerprint density at radius 1 is 1.62 bits per heavy atom. The van der Waals surface area contributed by atoms with E-state index in [1.54, 1.807) is 6.26 Å². The minimum absolute atomic E-state index is 0.662. The largest absolute Gasteiger partial charge is 0.469 e. The van der Waals surface area contributed by atoms with Crippen LogP contribution in [-0.4, -0.2) is 24.6 Å². The van der Waals surface area contributed by atoms with Crippen LogP contribution in [0.1, 0.15) is 5.76 Å². The van der Waals surface area contributed by atoms with Crippen molar-refractivity contribution in [3.63, 3.8) is 0 Å². The Hall–Kier alpha value is -0.410. The highest BCUT2D eigenvalue weighted by Crippen LogP contribution is 2.27. The summed E-state index contributed by atoms with van der Waals surface area (Å²) in [4.78, 5) is 0. The Kier molecular flexibility index (Phi) is 2.96. The van der Waals surface area contributed by atoms with Gasteiger partial charge in [0.05, 0.1) is 6.26 Å². The highest BCUT2D eigenvalue weighted by molar-refractivity contribution is 7.99. The van der Waals surface area contributed by atoms with Crippen molar-refractivity contribution in [1.29, 1.82) is 0 Å². The molecule has 0 spiro atoms. The summed E-state index contributed by atoms with van der Waals surface area (Å²) in [5.41, 5.74) is 0. The molecular formula is C10H15NOS. The Labute approximate surface area is 83.1 Å². The maximum atomic E-state index is 5.35. The van der Waals surface area contributed by atoms with Crippen molar-refractivity contribution < 1.29 is 4.42 Å². The quantitative estimate of drug-likeness (QED) is 0.799. The summed E-state index contributed by atoms with van der Waals surface area (Å²) < 4.78 is 5.35. The summed E-state index contributed by atoms with van der Waals surface area (Å²) in [6.07, 6.45) is 2.83. The zero-order chi connectivity index (χ0) is 9.10. The Morgan fingerprint density at radius 2 is 2.54 bits per heavy atom. The average Bonchev–Trinajstić information content (AvgIpc) is 2.76. The van der Waals surface area contributed by atoms with Gasteiger partial charge in [-0.15, -0.1) is 0 Å². The molecule has 1 aromatic rings.